The molecule has 0 saturated heterocycles. The fourth-order valence-electron chi connectivity index (χ4n) is 0.843. The molecule has 0 fully saturated rings. The third kappa shape index (κ3) is 7.96. The molecule has 19 heavy (non-hydrogen) atoms. The zero-order valence-corrected chi connectivity index (χ0v) is 12.0. The number of guanidine groups is 1. The number of carbonyl (C=O) groups excluding carboxylic acids is 2. The summed E-state index contributed by atoms with van der Waals surface area (Å²) in [5.74, 6) is -1.08. The lowest BCUT2D eigenvalue weighted by Crippen LogP contribution is -2.45. The van der Waals surface area contributed by atoms with E-state index in [0.717, 1.165) is 0 Å². The topological polar surface area (TPSA) is 91.7 Å². The molecule has 8 heteroatoms. The summed E-state index contributed by atoms with van der Waals surface area (Å²) >= 11 is 0. The van der Waals surface area contributed by atoms with Crippen LogP contribution in [0.1, 0.15) is 41.5 Å². The number of nitrogens with one attached hydrogen (secondary N) is 2. The Hall–Kier alpha value is -1.86. The summed E-state index contributed by atoms with van der Waals surface area (Å²) < 4.78 is 22.9. The number of hydrogen-bond donors (Lipinski definition) is 2. The van der Waals surface area contributed by atoms with Gasteiger partial charge < -0.3 is 9.47 Å². The van der Waals surface area contributed by atoms with Gasteiger partial charge in [-0.1, -0.05) is 9.60 Å². The van der Waals surface area contributed by atoms with Gasteiger partial charge in [0, 0.05) is 0 Å². The predicted octanol–water partition coefficient (Wildman–Crippen LogP) is 2.57. The predicted molar refractivity (Wildman–Crippen MR) is 66.3 cm³/mol. The van der Waals surface area contributed by atoms with Gasteiger partial charge in [0.05, 0.1) is 0 Å². The minimum absolute atomic E-state index is 0.616. The first kappa shape index (κ1) is 17.1. The van der Waals surface area contributed by atoms with Crippen LogP contribution < -0.4 is 5.32 Å². The van der Waals surface area contributed by atoms with Crippen LogP contribution in [0.4, 0.5) is 14.1 Å². The lowest BCUT2D eigenvalue weighted by molar-refractivity contribution is -0.000789. The first-order chi connectivity index (χ1) is 8.32. The van der Waals surface area contributed by atoms with Crippen molar-refractivity contribution in [2.24, 2.45) is 0 Å². The molecule has 0 unspecified atom stereocenters. The molecule has 0 aliphatic rings. The van der Waals surface area contributed by atoms with Gasteiger partial charge in [-0.15, -0.1) is 0 Å². The van der Waals surface area contributed by atoms with E-state index in [1.165, 1.54) is 0 Å². The van der Waals surface area contributed by atoms with Crippen molar-refractivity contribution in [2.45, 2.75) is 52.7 Å². The van der Waals surface area contributed by atoms with Gasteiger partial charge in [0.25, 0.3) is 0 Å². The molecular formula is C11H20FN3O4. The second-order valence-corrected chi connectivity index (χ2v) is 5.74. The highest BCUT2D eigenvalue weighted by Crippen LogP contribution is 2.10. The number of ether oxygens (including phenoxy) is 2. The van der Waals surface area contributed by atoms with Gasteiger partial charge in [-0.2, -0.15) is 0 Å². The molecule has 2 amide bonds. The van der Waals surface area contributed by atoms with Crippen LogP contribution in [0.2, 0.25) is 0 Å². The Labute approximate surface area is 111 Å². The monoisotopic (exact) mass is 277 g/mol. The number of alkyl carbamates (subject to hydrolysis) is 1. The largest absolute Gasteiger partial charge is 0.446 e. The number of nitrogens with zero attached hydrogens (tertiary/aromatic N) is 1. The van der Waals surface area contributed by atoms with E-state index in [1.54, 1.807) is 46.9 Å². The smallest absolute Gasteiger partial charge is 0.444 e. The lowest BCUT2D eigenvalue weighted by atomic mass is 10.2. The quantitative estimate of drug-likeness (QED) is 0.404. The van der Waals surface area contributed by atoms with E-state index in [4.69, 9.17) is 10.1 Å². The van der Waals surface area contributed by atoms with E-state index in [-0.39, 0.29) is 0 Å². The summed E-state index contributed by atoms with van der Waals surface area (Å²) in [6, 6.07) is 0. The van der Waals surface area contributed by atoms with Crippen molar-refractivity contribution < 1.29 is 23.5 Å². The molecule has 0 radical (unpaired) electrons. The van der Waals surface area contributed by atoms with Crippen molar-refractivity contribution in [3.8, 4) is 0 Å². The highest BCUT2D eigenvalue weighted by Gasteiger charge is 2.27. The van der Waals surface area contributed by atoms with Gasteiger partial charge in [0.15, 0.2) is 0 Å². The van der Waals surface area contributed by atoms with Gasteiger partial charge in [-0.25, -0.2) is 9.59 Å². The Kier molecular flexibility index (Phi) is 5.28. The van der Waals surface area contributed by atoms with E-state index in [9.17, 15) is 14.1 Å². The van der Waals surface area contributed by atoms with Crippen LogP contribution in [0.25, 0.3) is 0 Å². The van der Waals surface area contributed by atoms with Crippen molar-refractivity contribution in [3.05, 3.63) is 0 Å². The summed E-state index contributed by atoms with van der Waals surface area (Å²) in [6.07, 6.45) is -2.43. The van der Waals surface area contributed by atoms with Crippen LogP contribution in [-0.2, 0) is 9.47 Å². The molecule has 0 aromatic carbocycles. The van der Waals surface area contributed by atoms with Crippen LogP contribution in [0.15, 0.2) is 0 Å². The first-order valence-electron chi connectivity index (χ1n) is 5.59. The van der Waals surface area contributed by atoms with Gasteiger partial charge in [-0.05, 0) is 41.5 Å². The van der Waals surface area contributed by atoms with Crippen LogP contribution in [0, 0.1) is 5.41 Å². The molecule has 2 N–H and O–H groups in total. The van der Waals surface area contributed by atoms with Gasteiger partial charge in [0.2, 0.25) is 5.96 Å². The van der Waals surface area contributed by atoms with E-state index >= 15 is 0 Å². The van der Waals surface area contributed by atoms with Crippen molar-refractivity contribution in [2.75, 3.05) is 0 Å². The minimum atomic E-state index is -1.39. The minimum Gasteiger partial charge on any atom is -0.444 e. The van der Waals surface area contributed by atoms with E-state index in [0.29, 0.717) is 0 Å². The molecule has 7 nitrogen and oxygen atoms in total. The molecule has 110 valence electrons. The number of halogens is 1. The number of amides is 2. The fourth-order valence-corrected chi connectivity index (χ4v) is 0.843. The normalized spacial score (nSPS) is 11.5. The first-order valence-corrected chi connectivity index (χ1v) is 5.59. The second kappa shape index (κ2) is 5.85. The molecule has 0 saturated carbocycles. The highest BCUT2D eigenvalue weighted by atomic mass is 19.2. The molecule has 0 bridgehead atoms. The standard InChI is InChI=1S/C11H20FN3O4/c1-10(2,3)18-8(16)14-7(13)15(12)9(17)19-11(4,5)6/h1-6H3,(H2,13,14,16). The highest BCUT2D eigenvalue weighted by molar-refractivity contribution is 5.98. The average molecular weight is 277 g/mol. The second-order valence-electron chi connectivity index (χ2n) is 5.74. The molecule has 0 spiro atoms. The summed E-state index contributed by atoms with van der Waals surface area (Å²) in [4.78, 5) is 22.5. The summed E-state index contributed by atoms with van der Waals surface area (Å²) in [7, 11) is 0. The Morgan fingerprint density at radius 1 is 1.05 bits per heavy atom. The molecule has 0 heterocycles. The van der Waals surface area contributed by atoms with Crippen molar-refractivity contribution >= 4 is 18.1 Å². The van der Waals surface area contributed by atoms with Crippen LogP contribution >= 0.6 is 0 Å². The summed E-state index contributed by atoms with van der Waals surface area (Å²) in [5, 5.41) is 8.37. The Bertz CT molecular complexity index is 371. The third-order valence-electron chi connectivity index (χ3n) is 1.37. The van der Waals surface area contributed by atoms with Crippen molar-refractivity contribution in [1.82, 2.24) is 10.4 Å². The summed E-state index contributed by atoms with van der Waals surface area (Å²) in [5.41, 5.74) is -1.70. The Morgan fingerprint density at radius 2 is 1.47 bits per heavy atom. The van der Waals surface area contributed by atoms with Gasteiger partial charge in [0.1, 0.15) is 11.2 Å². The molecular weight excluding hydrogens is 257 g/mol. The maximum atomic E-state index is 13.4. The number of hydrogen-bond acceptors (Lipinski definition) is 5. The zero-order chi connectivity index (χ0) is 15.4. The molecule has 0 rings (SSSR count). The van der Waals surface area contributed by atoms with Crippen LogP contribution in [0.3, 0.4) is 0 Å². The lowest BCUT2D eigenvalue weighted by Gasteiger charge is -2.23. The molecule has 0 atom stereocenters. The maximum Gasteiger partial charge on any atom is 0.446 e. The van der Waals surface area contributed by atoms with E-state index in [1.807, 2.05) is 0 Å². The molecule has 0 aromatic heterocycles. The van der Waals surface area contributed by atoms with Crippen molar-refractivity contribution in [1.29, 1.82) is 5.41 Å². The average Bonchev–Trinajstić information content (AvgIpc) is 2.10. The SMILES string of the molecule is CC(C)(C)OC(=O)NC(=N)N(F)C(=O)OC(C)(C)C. The Balaban J connectivity index is 4.43. The molecule has 0 aromatic rings. The molecule has 0 aliphatic heterocycles. The fraction of sp³-hybridized carbons (Fsp3) is 0.727. The van der Waals surface area contributed by atoms with Gasteiger partial charge in [-0.3, -0.25) is 10.7 Å². The maximum absolute atomic E-state index is 13.4. The van der Waals surface area contributed by atoms with Crippen molar-refractivity contribution in [3.63, 3.8) is 0 Å². The number of rotatable bonds is 0. The number of carbonyl (C=O) groups is 2. The van der Waals surface area contributed by atoms with Crippen LogP contribution in [0.5, 0.6) is 0 Å². The molecule has 0 aliphatic carbocycles. The van der Waals surface area contributed by atoms with Gasteiger partial charge >= 0.3 is 12.2 Å². The third-order valence-corrected chi connectivity index (χ3v) is 1.37. The summed E-state index contributed by atoms with van der Waals surface area (Å²) in [6.45, 7) is 9.46. The Morgan fingerprint density at radius 3 is 1.84 bits per heavy atom. The van der Waals surface area contributed by atoms with E-state index in [2.05, 4.69) is 4.74 Å². The van der Waals surface area contributed by atoms with Crippen LogP contribution in [-0.4, -0.2) is 34.5 Å². The van der Waals surface area contributed by atoms with E-state index < -0.39 is 34.5 Å². The zero-order valence-electron chi connectivity index (χ0n) is 12.0.